The van der Waals surface area contributed by atoms with E-state index in [1.807, 2.05) is 0 Å². The summed E-state index contributed by atoms with van der Waals surface area (Å²) in [4.78, 5) is 30.1. The maximum Gasteiger partial charge on any atom is 0.295 e. The molecule has 0 radical (unpaired) electrons. The lowest BCUT2D eigenvalue weighted by Crippen LogP contribution is -2.31. The van der Waals surface area contributed by atoms with Crippen LogP contribution in [0.15, 0.2) is 58.4 Å². The fourth-order valence-electron chi connectivity index (χ4n) is 2.67. The van der Waals surface area contributed by atoms with Crippen LogP contribution in [0.25, 0.3) is 0 Å². The second kappa shape index (κ2) is 6.37. The minimum atomic E-state index is -0.749. The van der Waals surface area contributed by atoms with E-state index in [4.69, 9.17) is 11.6 Å². The van der Waals surface area contributed by atoms with E-state index in [2.05, 4.69) is 20.9 Å². The highest BCUT2D eigenvalue weighted by molar-refractivity contribution is 9.10. The summed E-state index contributed by atoms with van der Waals surface area (Å²) in [5, 5.41) is 10.7. The zero-order chi connectivity index (χ0) is 17.4. The van der Waals surface area contributed by atoms with Crippen LogP contribution in [0.4, 0.5) is 5.82 Å². The van der Waals surface area contributed by atoms with Gasteiger partial charge in [-0.15, -0.1) is 0 Å². The number of Topliss-reactive ketones (excluding diaryl/α,β-unsaturated/α-hetero) is 1. The van der Waals surface area contributed by atoms with Gasteiger partial charge in [-0.2, -0.15) is 0 Å². The lowest BCUT2D eigenvalue weighted by molar-refractivity contribution is -0.117. The molecule has 0 saturated carbocycles. The molecule has 24 heavy (non-hydrogen) atoms. The molecule has 1 aromatic heterocycles. The summed E-state index contributed by atoms with van der Waals surface area (Å²) in [5.74, 6) is -1.24. The van der Waals surface area contributed by atoms with Gasteiger partial charge >= 0.3 is 0 Å². The van der Waals surface area contributed by atoms with Gasteiger partial charge in [0.2, 0.25) is 0 Å². The average molecular weight is 408 g/mol. The highest BCUT2D eigenvalue weighted by Crippen LogP contribution is 2.40. The molecule has 0 bridgehead atoms. The summed E-state index contributed by atoms with van der Waals surface area (Å²) in [5.41, 5.74) is 0.707. The Labute approximate surface area is 151 Å². The number of rotatable bonds is 3. The number of aromatic nitrogens is 1. The van der Waals surface area contributed by atoms with Crippen molar-refractivity contribution in [1.82, 2.24) is 4.98 Å². The Morgan fingerprint density at radius 2 is 1.92 bits per heavy atom. The van der Waals surface area contributed by atoms with Crippen molar-refractivity contribution in [2.24, 2.45) is 0 Å². The Bertz CT molecular complexity index is 847. The number of halogens is 2. The number of benzene rings is 1. The quantitative estimate of drug-likeness (QED) is 0.835. The topological polar surface area (TPSA) is 70.5 Å². The molecule has 1 aromatic carbocycles. The number of pyridine rings is 1. The molecule has 2 heterocycles. The zero-order valence-corrected chi connectivity index (χ0v) is 14.9. The maximum absolute atomic E-state index is 12.5. The normalized spacial score (nSPS) is 17.5. The van der Waals surface area contributed by atoms with Gasteiger partial charge in [0.1, 0.15) is 5.82 Å². The van der Waals surface area contributed by atoms with E-state index in [0.29, 0.717) is 16.4 Å². The molecular weight excluding hydrogens is 396 g/mol. The first-order chi connectivity index (χ1) is 11.4. The largest absolute Gasteiger partial charge is 0.503 e. The molecule has 1 atom stereocenters. The summed E-state index contributed by atoms with van der Waals surface area (Å²) < 4.78 is 0.755. The molecule has 1 aliphatic heterocycles. The molecule has 0 saturated heterocycles. The highest BCUT2D eigenvalue weighted by atomic mass is 79.9. The van der Waals surface area contributed by atoms with Crippen molar-refractivity contribution in [2.75, 3.05) is 4.90 Å². The molecule has 0 fully saturated rings. The van der Waals surface area contributed by atoms with Crippen LogP contribution in [0, 0.1) is 0 Å². The third-order valence-corrected chi connectivity index (χ3v) is 4.45. The third-order valence-electron chi connectivity index (χ3n) is 3.73. The zero-order valence-electron chi connectivity index (χ0n) is 12.5. The molecule has 1 N–H and O–H groups in total. The van der Waals surface area contributed by atoms with Crippen molar-refractivity contribution < 1.29 is 14.7 Å². The van der Waals surface area contributed by atoms with Gasteiger partial charge in [-0.1, -0.05) is 23.7 Å². The molecule has 1 aliphatic rings. The maximum atomic E-state index is 12.5. The first kappa shape index (κ1) is 16.7. The van der Waals surface area contributed by atoms with Crippen LogP contribution in [-0.4, -0.2) is 21.8 Å². The molecule has 2 aromatic rings. The van der Waals surface area contributed by atoms with Crippen LogP contribution < -0.4 is 4.90 Å². The second-order valence-corrected chi connectivity index (χ2v) is 6.63. The smallest absolute Gasteiger partial charge is 0.295 e. The van der Waals surface area contributed by atoms with Crippen LogP contribution >= 0.6 is 27.5 Å². The number of anilines is 1. The van der Waals surface area contributed by atoms with Gasteiger partial charge in [-0.3, -0.25) is 14.5 Å². The summed E-state index contributed by atoms with van der Waals surface area (Å²) in [6.07, 6.45) is 1.55. The van der Waals surface area contributed by atoms with E-state index >= 15 is 0 Å². The molecule has 5 nitrogen and oxygen atoms in total. The number of amides is 1. The molecule has 3 rings (SSSR count). The molecule has 122 valence electrons. The van der Waals surface area contributed by atoms with Gasteiger partial charge in [0.25, 0.3) is 5.91 Å². The van der Waals surface area contributed by atoms with Crippen LogP contribution in [0.5, 0.6) is 0 Å². The molecular formula is C17H12BrClN2O3. The Kier molecular flexibility index (Phi) is 4.43. The SMILES string of the molecule is CC(=O)C1=C(O)C(=O)N(c2ccc(Br)cn2)C1c1ccc(Cl)cc1. The average Bonchev–Trinajstić information content (AvgIpc) is 2.81. The number of aliphatic hydroxyl groups excluding tert-OH is 1. The van der Waals surface area contributed by atoms with E-state index in [-0.39, 0.29) is 11.4 Å². The first-order valence-electron chi connectivity index (χ1n) is 7.05. The third kappa shape index (κ3) is 2.83. The number of hydrogen-bond acceptors (Lipinski definition) is 4. The van der Waals surface area contributed by atoms with Gasteiger partial charge in [0.05, 0.1) is 11.6 Å². The fraction of sp³-hybridized carbons (Fsp3) is 0.118. The van der Waals surface area contributed by atoms with Gasteiger partial charge in [0, 0.05) is 15.7 Å². The number of carbonyl (C=O) groups excluding carboxylic acids is 2. The lowest BCUT2D eigenvalue weighted by Gasteiger charge is -2.25. The lowest BCUT2D eigenvalue weighted by atomic mass is 9.97. The predicted octanol–water partition coefficient (Wildman–Crippen LogP) is 3.99. The number of hydrogen-bond donors (Lipinski definition) is 1. The van der Waals surface area contributed by atoms with Crippen LogP contribution in [0.2, 0.25) is 5.02 Å². The summed E-state index contributed by atoms with van der Waals surface area (Å²) in [6.45, 7) is 1.32. The monoisotopic (exact) mass is 406 g/mol. The summed E-state index contributed by atoms with van der Waals surface area (Å²) in [6, 6.07) is 9.39. The van der Waals surface area contributed by atoms with E-state index in [0.717, 1.165) is 4.47 Å². The minimum absolute atomic E-state index is 0.0482. The van der Waals surface area contributed by atoms with Crippen molar-refractivity contribution in [3.8, 4) is 0 Å². The van der Waals surface area contributed by atoms with Crippen molar-refractivity contribution in [1.29, 1.82) is 0 Å². The van der Waals surface area contributed by atoms with Gasteiger partial charge in [-0.25, -0.2) is 4.98 Å². The fourth-order valence-corrected chi connectivity index (χ4v) is 3.03. The predicted molar refractivity (Wildman–Crippen MR) is 94.0 cm³/mol. The van der Waals surface area contributed by atoms with Crippen molar-refractivity contribution in [3.63, 3.8) is 0 Å². The Hall–Kier alpha value is -2.18. The molecule has 7 heteroatoms. The molecule has 1 unspecified atom stereocenters. The standard InChI is InChI=1S/C17H12BrClN2O3/c1-9(22)14-15(10-2-5-12(19)6-3-10)21(17(24)16(14)23)13-7-4-11(18)8-20-13/h2-8,15,23H,1H3. The summed E-state index contributed by atoms with van der Waals surface area (Å²) >= 11 is 9.21. The van der Waals surface area contributed by atoms with Gasteiger partial charge in [-0.05, 0) is 52.7 Å². The number of aliphatic hydroxyl groups is 1. The molecule has 0 aliphatic carbocycles. The van der Waals surface area contributed by atoms with Gasteiger partial charge in [0.15, 0.2) is 11.5 Å². The van der Waals surface area contributed by atoms with E-state index < -0.39 is 17.7 Å². The van der Waals surface area contributed by atoms with Crippen LogP contribution in [0.3, 0.4) is 0 Å². The van der Waals surface area contributed by atoms with Crippen molar-refractivity contribution in [2.45, 2.75) is 13.0 Å². The van der Waals surface area contributed by atoms with E-state index in [1.54, 1.807) is 42.6 Å². The molecule has 0 spiro atoms. The van der Waals surface area contributed by atoms with E-state index in [9.17, 15) is 14.7 Å². The van der Waals surface area contributed by atoms with Crippen LogP contribution in [-0.2, 0) is 9.59 Å². The van der Waals surface area contributed by atoms with Crippen molar-refractivity contribution >= 4 is 45.0 Å². The summed E-state index contributed by atoms with van der Waals surface area (Å²) in [7, 11) is 0. The van der Waals surface area contributed by atoms with Crippen molar-refractivity contribution in [3.05, 3.63) is 69.0 Å². The number of ketones is 1. The highest BCUT2D eigenvalue weighted by Gasteiger charge is 2.43. The number of carbonyl (C=O) groups is 2. The van der Waals surface area contributed by atoms with E-state index in [1.165, 1.54) is 11.8 Å². The minimum Gasteiger partial charge on any atom is -0.503 e. The Morgan fingerprint density at radius 3 is 2.46 bits per heavy atom. The second-order valence-electron chi connectivity index (χ2n) is 5.28. The Morgan fingerprint density at radius 1 is 1.25 bits per heavy atom. The first-order valence-corrected chi connectivity index (χ1v) is 8.22. The molecule has 1 amide bonds. The van der Waals surface area contributed by atoms with Crippen LogP contribution in [0.1, 0.15) is 18.5 Å². The Balaban J connectivity index is 2.16. The van der Waals surface area contributed by atoms with Gasteiger partial charge < -0.3 is 5.11 Å². The number of nitrogens with zero attached hydrogens (tertiary/aromatic N) is 2.